The zero-order valence-electron chi connectivity index (χ0n) is 15.2. The van der Waals surface area contributed by atoms with Crippen LogP contribution in [0.2, 0.25) is 0 Å². The van der Waals surface area contributed by atoms with Crippen LogP contribution in [0.5, 0.6) is 0 Å². The zero-order chi connectivity index (χ0) is 19.6. The van der Waals surface area contributed by atoms with Crippen LogP contribution in [-0.4, -0.2) is 41.3 Å². The molecule has 1 aromatic heterocycles. The van der Waals surface area contributed by atoms with Gasteiger partial charge in [0, 0.05) is 24.5 Å². The molecule has 8 heteroatoms. The molecule has 0 aliphatic carbocycles. The fourth-order valence-electron chi connectivity index (χ4n) is 3.26. The number of sulfonamides is 1. The van der Waals surface area contributed by atoms with Gasteiger partial charge in [0.05, 0.1) is 17.4 Å². The predicted octanol–water partition coefficient (Wildman–Crippen LogP) is 2.91. The van der Waals surface area contributed by atoms with Crippen molar-refractivity contribution in [1.29, 1.82) is 0 Å². The van der Waals surface area contributed by atoms with E-state index in [2.05, 4.69) is 10.3 Å². The molecule has 2 heterocycles. The summed E-state index contributed by atoms with van der Waals surface area (Å²) in [5, 5.41) is 2.77. The first kappa shape index (κ1) is 18.4. The van der Waals surface area contributed by atoms with Crippen LogP contribution in [0.4, 0.5) is 5.69 Å². The number of hydrogen-bond donors (Lipinski definition) is 1. The molecule has 28 heavy (non-hydrogen) atoms. The Kier molecular flexibility index (Phi) is 4.97. The van der Waals surface area contributed by atoms with E-state index in [1.165, 1.54) is 16.6 Å². The number of benzene rings is 2. The maximum atomic E-state index is 12.8. The summed E-state index contributed by atoms with van der Waals surface area (Å²) in [7, 11) is -3.54. The minimum absolute atomic E-state index is 0.184. The van der Waals surface area contributed by atoms with Gasteiger partial charge in [-0.1, -0.05) is 24.3 Å². The number of carbonyl (C=O) groups excluding carboxylic acids is 1. The molecule has 0 unspecified atom stereocenters. The summed E-state index contributed by atoms with van der Waals surface area (Å²) >= 11 is 0. The third kappa shape index (κ3) is 3.56. The van der Waals surface area contributed by atoms with E-state index in [0.29, 0.717) is 24.5 Å². The summed E-state index contributed by atoms with van der Waals surface area (Å²) in [5.41, 5.74) is 1.60. The lowest BCUT2D eigenvalue weighted by Crippen LogP contribution is -2.28. The zero-order valence-corrected chi connectivity index (χ0v) is 16.0. The van der Waals surface area contributed by atoms with Gasteiger partial charge in [-0.3, -0.25) is 9.36 Å². The largest absolute Gasteiger partial charge is 0.321 e. The Morgan fingerprint density at radius 1 is 1.00 bits per heavy atom. The third-order valence-electron chi connectivity index (χ3n) is 4.70. The number of aromatic nitrogens is 2. The molecule has 0 spiro atoms. The average Bonchev–Trinajstić information content (AvgIpc) is 3.41. The monoisotopic (exact) mass is 396 g/mol. The van der Waals surface area contributed by atoms with Gasteiger partial charge in [0.25, 0.3) is 5.91 Å². The highest BCUT2D eigenvalue weighted by Crippen LogP contribution is 2.23. The van der Waals surface area contributed by atoms with Gasteiger partial charge >= 0.3 is 0 Å². The van der Waals surface area contributed by atoms with Crippen molar-refractivity contribution in [3.05, 3.63) is 72.8 Å². The standard InChI is InChI=1S/C20H20N4O3S/c25-20(19-14-21-15-24(19)17-8-2-1-3-9-17)22-16-7-6-10-18(13-16)28(26,27)23-11-4-5-12-23/h1-3,6-10,13-15H,4-5,11-12H2,(H,22,25). The van der Waals surface area contributed by atoms with Crippen molar-refractivity contribution < 1.29 is 13.2 Å². The maximum Gasteiger partial charge on any atom is 0.274 e. The van der Waals surface area contributed by atoms with E-state index in [0.717, 1.165) is 18.5 Å². The summed E-state index contributed by atoms with van der Waals surface area (Å²) in [4.78, 5) is 17.0. The minimum Gasteiger partial charge on any atom is -0.321 e. The van der Waals surface area contributed by atoms with Gasteiger partial charge in [-0.2, -0.15) is 4.31 Å². The van der Waals surface area contributed by atoms with E-state index < -0.39 is 10.0 Å². The molecule has 3 aromatic rings. The van der Waals surface area contributed by atoms with Crippen molar-refractivity contribution in [3.8, 4) is 5.69 Å². The van der Waals surface area contributed by atoms with Crippen LogP contribution in [-0.2, 0) is 10.0 Å². The smallest absolute Gasteiger partial charge is 0.274 e. The maximum absolute atomic E-state index is 12.8. The molecule has 7 nitrogen and oxygen atoms in total. The van der Waals surface area contributed by atoms with E-state index in [1.807, 2.05) is 30.3 Å². The van der Waals surface area contributed by atoms with Crippen LogP contribution >= 0.6 is 0 Å². The van der Waals surface area contributed by atoms with Gasteiger partial charge in [-0.05, 0) is 43.2 Å². The Hall–Kier alpha value is -2.97. The van der Waals surface area contributed by atoms with Crippen LogP contribution < -0.4 is 5.32 Å². The highest BCUT2D eigenvalue weighted by molar-refractivity contribution is 7.89. The molecular formula is C20H20N4O3S. The lowest BCUT2D eigenvalue weighted by Gasteiger charge is -2.16. The quantitative estimate of drug-likeness (QED) is 0.719. The van der Waals surface area contributed by atoms with E-state index in [-0.39, 0.29) is 10.8 Å². The van der Waals surface area contributed by atoms with E-state index in [1.54, 1.807) is 29.1 Å². The molecule has 1 saturated heterocycles. The predicted molar refractivity (Wildman–Crippen MR) is 106 cm³/mol. The van der Waals surface area contributed by atoms with Crippen molar-refractivity contribution in [2.75, 3.05) is 18.4 Å². The van der Waals surface area contributed by atoms with Gasteiger partial charge in [0.15, 0.2) is 0 Å². The second-order valence-corrected chi connectivity index (χ2v) is 8.52. The molecule has 4 rings (SSSR count). The number of hydrogen-bond acceptors (Lipinski definition) is 4. The molecule has 1 fully saturated rings. The Morgan fingerprint density at radius 2 is 1.75 bits per heavy atom. The SMILES string of the molecule is O=C(Nc1cccc(S(=O)(=O)N2CCCC2)c1)c1cncn1-c1ccccc1. The molecule has 144 valence electrons. The number of amides is 1. The lowest BCUT2D eigenvalue weighted by atomic mass is 10.3. The van der Waals surface area contributed by atoms with Gasteiger partial charge in [-0.15, -0.1) is 0 Å². The molecule has 1 amide bonds. The Morgan fingerprint density at radius 3 is 2.50 bits per heavy atom. The highest BCUT2D eigenvalue weighted by atomic mass is 32.2. The first-order chi connectivity index (χ1) is 13.6. The van der Waals surface area contributed by atoms with Crippen molar-refractivity contribution in [2.45, 2.75) is 17.7 Å². The van der Waals surface area contributed by atoms with E-state index >= 15 is 0 Å². The molecule has 2 aromatic carbocycles. The number of imidazole rings is 1. The number of rotatable bonds is 5. The molecule has 1 aliphatic heterocycles. The number of anilines is 1. The molecule has 0 radical (unpaired) electrons. The molecule has 1 N–H and O–H groups in total. The molecule has 0 bridgehead atoms. The van der Waals surface area contributed by atoms with Gasteiger partial charge in [0.2, 0.25) is 10.0 Å². The number of nitrogens with zero attached hydrogens (tertiary/aromatic N) is 3. The van der Waals surface area contributed by atoms with Gasteiger partial charge in [0.1, 0.15) is 5.69 Å². The summed E-state index contributed by atoms with van der Waals surface area (Å²) in [6.45, 7) is 1.07. The van der Waals surface area contributed by atoms with Crippen molar-refractivity contribution in [1.82, 2.24) is 13.9 Å². The average molecular weight is 396 g/mol. The van der Waals surface area contributed by atoms with Crippen LogP contribution in [0.25, 0.3) is 5.69 Å². The fourth-order valence-corrected chi connectivity index (χ4v) is 4.83. The first-order valence-corrected chi connectivity index (χ1v) is 10.5. The second-order valence-electron chi connectivity index (χ2n) is 6.58. The third-order valence-corrected chi connectivity index (χ3v) is 6.59. The lowest BCUT2D eigenvalue weighted by molar-refractivity contribution is 0.102. The van der Waals surface area contributed by atoms with Crippen molar-refractivity contribution in [2.24, 2.45) is 0 Å². The van der Waals surface area contributed by atoms with Crippen LogP contribution in [0, 0.1) is 0 Å². The van der Waals surface area contributed by atoms with Crippen LogP contribution in [0.1, 0.15) is 23.3 Å². The molecular weight excluding hydrogens is 376 g/mol. The Balaban J connectivity index is 1.58. The molecule has 0 saturated carbocycles. The molecule has 0 atom stereocenters. The summed E-state index contributed by atoms with van der Waals surface area (Å²) in [5.74, 6) is -0.364. The summed E-state index contributed by atoms with van der Waals surface area (Å²) in [6, 6.07) is 15.8. The second kappa shape index (κ2) is 7.57. The van der Waals surface area contributed by atoms with Crippen molar-refractivity contribution >= 4 is 21.6 Å². The van der Waals surface area contributed by atoms with Crippen LogP contribution in [0.3, 0.4) is 0 Å². The summed E-state index contributed by atoms with van der Waals surface area (Å²) in [6.07, 6.45) is 4.80. The van der Waals surface area contributed by atoms with E-state index in [9.17, 15) is 13.2 Å². The summed E-state index contributed by atoms with van der Waals surface area (Å²) < 4.78 is 28.6. The minimum atomic E-state index is -3.54. The van der Waals surface area contributed by atoms with E-state index in [4.69, 9.17) is 0 Å². The Bertz CT molecular complexity index is 1090. The number of nitrogens with one attached hydrogen (secondary N) is 1. The van der Waals surface area contributed by atoms with Gasteiger partial charge in [-0.25, -0.2) is 13.4 Å². The van der Waals surface area contributed by atoms with Gasteiger partial charge < -0.3 is 5.32 Å². The first-order valence-electron chi connectivity index (χ1n) is 9.05. The highest BCUT2D eigenvalue weighted by Gasteiger charge is 2.27. The molecule has 1 aliphatic rings. The topological polar surface area (TPSA) is 84.3 Å². The number of para-hydroxylation sites is 1. The van der Waals surface area contributed by atoms with Crippen molar-refractivity contribution in [3.63, 3.8) is 0 Å². The fraction of sp³-hybridized carbons (Fsp3) is 0.200. The number of carbonyl (C=O) groups is 1. The van der Waals surface area contributed by atoms with Crippen LogP contribution in [0.15, 0.2) is 72.0 Å². The normalized spacial score (nSPS) is 14.9. The Labute approximate surface area is 163 Å².